The van der Waals surface area contributed by atoms with Crippen LogP contribution >= 0.6 is 0 Å². The topological polar surface area (TPSA) is 101 Å². The standard InChI is InChI=1S/C33H40N4O5S/c1-35(2)43(40,41)34-31(38)22-11-13-25-28(17-22)37-20-33(32(39)36-15-7-8-16-36)19-27(33)26-18-23(42-3)12-14-24(26)30(37)29(25)21-9-5-4-6-10-21/h11-14,17-18,21,27H,4-10,15-16,19-20H2,1-3H3,(H,34,38). The molecule has 4 aliphatic rings. The number of carbonyl (C=O) groups excluding carboxylic acids is 2. The normalized spacial score (nSPS) is 23.4. The largest absolute Gasteiger partial charge is 0.497 e. The first-order chi connectivity index (χ1) is 20.6. The van der Waals surface area contributed by atoms with Gasteiger partial charge < -0.3 is 14.2 Å². The van der Waals surface area contributed by atoms with Gasteiger partial charge in [-0.2, -0.15) is 12.7 Å². The number of amides is 2. The van der Waals surface area contributed by atoms with Crippen LogP contribution in [0.3, 0.4) is 0 Å². The molecule has 228 valence electrons. The molecule has 1 saturated heterocycles. The lowest BCUT2D eigenvalue weighted by molar-refractivity contribution is -0.136. The van der Waals surface area contributed by atoms with E-state index in [1.54, 1.807) is 13.2 Å². The molecule has 2 amide bonds. The SMILES string of the molecule is COc1ccc2c(c1)C1CC1(C(=O)N1CCCC1)Cn1c-2c(C2CCCCC2)c2ccc(C(=O)NS(=O)(=O)N(C)C)cc21. The molecular formula is C33H40N4O5S. The fourth-order valence-electron chi connectivity index (χ4n) is 7.92. The van der Waals surface area contributed by atoms with Gasteiger partial charge in [0.1, 0.15) is 5.75 Å². The average molecular weight is 605 g/mol. The van der Waals surface area contributed by atoms with E-state index >= 15 is 0 Å². The maximum Gasteiger partial charge on any atom is 0.303 e. The molecule has 1 N–H and O–H groups in total. The first-order valence-corrected chi connectivity index (χ1v) is 17.0. The number of methoxy groups -OCH3 is 1. The molecule has 3 heterocycles. The van der Waals surface area contributed by atoms with Gasteiger partial charge in [-0.3, -0.25) is 9.59 Å². The van der Waals surface area contributed by atoms with E-state index in [0.717, 1.165) is 77.4 Å². The number of nitrogens with one attached hydrogen (secondary N) is 1. The molecule has 9 nitrogen and oxygen atoms in total. The van der Waals surface area contributed by atoms with Crippen LogP contribution in [0.1, 0.15) is 84.7 Å². The third-order valence-electron chi connectivity index (χ3n) is 10.3. The molecule has 0 radical (unpaired) electrons. The van der Waals surface area contributed by atoms with Gasteiger partial charge in [-0.15, -0.1) is 0 Å². The van der Waals surface area contributed by atoms with Gasteiger partial charge in [-0.05, 0) is 79.5 Å². The Kier molecular flexibility index (Phi) is 6.85. The van der Waals surface area contributed by atoms with Crippen molar-refractivity contribution >= 4 is 32.9 Å². The lowest BCUT2D eigenvalue weighted by Gasteiger charge is -2.25. The van der Waals surface area contributed by atoms with E-state index < -0.39 is 21.5 Å². The number of hydrogen-bond donors (Lipinski definition) is 1. The highest BCUT2D eigenvalue weighted by Crippen LogP contribution is 2.66. The summed E-state index contributed by atoms with van der Waals surface area (Å²) in [5.74, 6) is 0.811. The molecule has 2 aromatic carbocycles. The number of carbonyl (C=O) groups is 2. The fourth-order valence-corrected chi connectivity index (χ4v) is 8.46. The molecule has 2 aliphatic carbocycles. The smallest absolute Gasteiger partial charge is 0.303 e. The number of likely N-dealkylation sites (tertiary alicyclic amines) is 1. The van der Waals surface area contributed by atoms with E-state index in [9.17, 15) is 18.0 Å². The van der Waals surface area contributed by atoms with Crippen molar-refractivity contribution in [2.24, 2.45) is 5.41 Å². The summed E-state index contributed by atoms with van der Waals surface area (Å²) in [6.45, 7) is 2.13. The van der Waals surface area contributed by atoms with Crippen LogP contribution in [-0.4, -0.2) is 68.3 Å². The lowest BCUT2D eigenvalue weighted by Crippen LogP contribution is -2.39. The van der Waals surface area contributed by atoms with E-state index in [4.69, 9.17) is 4.74 Å². The van der Waals surface area contributed by atoms with Crippen molar-refractivity contribution in [2.45, 2.75) is 69.7 Å². The predicted molar refractivity (Wildman–Crippen MR) is 165 cm³/mol. The van der Waals surface area contributed by atoms with Crippen molar-refractivity contribution in [3.8, 4) is 17.0 Å². The molecule has 3 aromatic rings. The Morgan fingerprint density at radius 2 is 1.74 bits per heavy atom. The number of ether oxygens (including phenoxy) is 1. The van der Waals surface area contributed by atoms with Crippen molar-refractivity contribution in [3.05, 3.63) is 53.1 Å². The van der Waals surface area contributed by atoms with Crippen LogP contribution < -0.4 is 9.46 Å². The second-order valence-corrected chi connectivity index (χ2v) is 14.9. The lowest BCUT2D eigenvalue weighted by atomic mass is 9.81. The second-order valence-electron chi connectivity index (χ2n) is 13.0. The Balaban J connectivity index is 1.45. The molecular weight excluding hydrogens is 564 g/mol. The molecule has 43 heavy (non-hydrogen) atoms. The van der Waals surface area contributed by atoms with Crippen LogP contribution in [0, 0.1) is 5.41 Å². The summed E-state index contributed by atoms with van der Waals surface area (Å²) in [5, 5.41) is 1.08. The van der Waals surface area contributed by atoms with Crippen LogP contribution in [0.2, 0.25) is 0 Å². The molecule has 0 spiro atoms. The first-order valence-electron chi connectivity index (χ1n) is 15.5. The number of hydrogen-bond acceptors (Lipinski definition) is 5. The summed E-state index contributed by atoms with van der Waals surface area (Å²) in [4.78, 5) is 29.6. The average Bonchev–Trinajstić information content (AvgIpc) is 3.34. The van der Waals surface area contributed by atoms with Crippen LogP contribution in [0.25, 0.3) is 22.2 Å². The maximum atomic E-state index is 14.3. The van der Waals surface area contributed by atoms with Crippen LogP contribution in [0.15, 0.2) is 36.4 Å². The van der Waals surface area contributed by atoms with Crippen LogP contribution in [0.4, 0.5) is 0 Å². The van der Waals surface area contributed by atoms with Crippen molar-refractivity contribution in [3.63, 3.8) is 0 Å². The van der Waals surface area contributed by atoms with Gasteiger partial charge in [-0.1, -0.05) is 25.3 Å². The zero-order valence-corrected chi connectivity index (χ0v) is 26.0. The van der Waals surface area contributed by atoms with Gasteiger partial charge in [0.15, 0.2) is 0 Å². The van der Waals surface area contributed by atoms with Crippen LogP contribution in [0.5, 0.6) is 5.75 Å². The zero-order valence-electron chi connectivity index (χ0n) is 25.2. The molecule has 2 atom stereocenters. The minimum Gasteiger partial charge on any atom is -0.497 e. The van der Waals surface area contributed by atoms with Gasteiger partial charge in [0.2, 0.25) is 5.91 Å². The maximum absolute atomic E-state index is 14.3. The number of aromatic nitrogens is 1. The number of nitrogens with zero attached hydrogens (tertiary/aromatic N) is 3. The van der Waals surface area contributed by atoms with Crippen molar-refractivity contribution < 1.29 is 22.7 Å². The van der Waals surface area contributed by atoms with Gasteiger partial charge in [-0.25, -0.2) is 4.72 Å². The minimum absolute atomic E-state index is 0.0940. The summed E-state index contributed by atoms with van der Waals surface area (Å²) < 4.78 is 36.1. The van der Waals surface area contributed by atoms with Gasteiger partial charge >= 0.3 is 10.2 Å². The number of fused-ring (bicyclic) bond motifs is 7. The molecule has 2 aliphatic heterocycles. The van der Waals surface area contributed by atoms with E-state index in [1.165, 1.54) is 44.5 Å². The molecule has 7 rings (SSSR count). The summed E-state index contributed by atoms with van der Waals surface area (Å²) in [5.41, 5.74) is 5.34. The minimum atomic E-state index is -3.95. The molecule has 2 saturated carbocycles. The van der Waals surface area contributed by atoms with Gasteiger partial charge in [0.05, 0.1) is 18.2 Å². The highest BCUT2D eigenvalue weighted by atomic mass is 32.2. The summed E-state index contributed by atoms with van der Waals surface area (Å²) in [6.07, 6.45) is 8.64. The first kappa shape index (κ1) is 28.4. The highest BCUT2D eigenvalue weighted by Gasteiger charge is 2.64. The van der Waals surface area contributed by atoms with Gasteiger partial charge in [0, 0.05) is 61.7 Å². The van der Waals surface area contributed by atoms with Crippen molar-refractivity contribution in [1.29, 1.82) is 0 Å². The Morgan fingerprint density at radius 1 is 1.00 bits per heavy atom. The molecule has 0 bridgehead atoms. The molecule has 10 heteroatoms. The molecule has 3 fully saturated rings. The molecule has 1 aromatic heterocycles. The third kappa shape index (κ3) is 4.56. The van der Waals surface area contributed by atoms with Crippen LogP contribution in [-0.2, 0) is 21.5 Å². The van der Waals surface area contributed by atoms with E-state index in [-0.39, 0.29) is 17.4 Å². The Bertz CT molecular complexity index is 1730. The Labute approximate surface area is 253 Å². The second kappa shape index (κ2) is 10.4. The summed E-state index contributed by atoms with van der Waals surface area (Å²) in [6, 6.07) is 11.8. The quantitative estimate of drug-likeness (QED) is 0.426. The van der Waals surface area contributed by atoms with Gasteiger partial charge in [0.25, 0.3) is 5.91 Å². The third-order valence-corrected chi connectivity index (χ3v) is 11.7. The highest BCUT2D eigenvalue weighted by molar-refractivity contribution is 7.87. The number of benzene rings is 2. The summed E-state index contributed by atoms with van der Waals surface area (Å²) in [7, 11) is 0.507. The Morgan fingerprint density at radius 3 is 2.44 bits per heavy atom. The summed E-state index contributed by atoms with van der Waals surface area (Å²) >= 11 is 0. The predicted octanol–water partition coefficient (Wildman–Crippen LogP) is 5.01. The molecule has 2 unspecified atom stereocenters. The van der Waals surface area contributed by atoms with E-state index in [2.05, 4.69) is 21.4 Å². The zero-order chi connectivity index (χ0) is 30.1. The van der Waals surface area contributed by atoms with E-state index in [0.29, 0.717) is 12.5 Å². The fraction of sp³-hybridized carbons (Fsp3) is 0.515. The van der Waals surface area contributed by atoms with E-state index in [1.807, 2.05) is 23.1 Å². The Hall–Kier alpha value is -3.37. The van der Waals surface area contributed by atoms with Crippen molar-refractivity contribution in [1.82, 2.24) is 18.5 Å². The van der Waals surface area contributed by atoms with Crippen molar-refractivity contribution in [2.75, 3.05) is 34.3 Å². The number of rotatable bonds is 6. The monoisotopic (exact) mass is 604 g/mol.